The summed E-state index contributed by atoms with van der Waals surface area (Å²) in [5, 5.41) is 7.75. The normalized spacial score (nSPS) is 20.0. The molecule has 31 heavy (non-hydrogen) atoms. The number of nitrogens with zero attached hydrogens (tertiary/aromatic N) is 3. The Labute approximate surface area is 188 Å². The monoisotopic (exact) mass is 480 g/mol. The SMILES string of the molecule is COc1ccc([C@H]2CC(=O)C3=C(C2)Nc2ncnn2[C@H]3c2ccc(Br)cc2)cc1OC. The highest BCUT2D eigenvalue weighted by Crippen LogP contribution is 2.44. The van der Waals surface area contributed by atoms with E-state index in [4.69, 9.17) is 9.47 Å². The van der Waals surface area contributed by atoms with Crippen molar-refractivity contribution in [2.75, 3.05) is 19.5 Å². The van der Waals surface area contributed by atoms with Crippen molar-refractivity contribution >= 4 is 27.7 Å². The maximum Gasteiger partial charge on any atom is 0.226 e. The number of nitrogens with one attached hydrogen (secondary N) is 1. The van der Waals surface area contributed by atoms with Crippen LogP contribution in [0.3, 0.4) is 0 Å². The van der Waals surface area contributed by atoms with Crippen LogP contribution in [0.5, 0.6) is 11.5 Å². The molecule has 7 nitrogen and oxygen atoms in total. The van der Waals surface area contributed by atoms with Crippen molar-refractivity contribution in [3.05, 3.63) is 75.7 Å². The van der Waals surface area contributed by atoms with Crippen LogP contribution in [0.1, 0.15) is 35.9 Å². The summed E-state index contributed by atoms with van der Waals surface area (Å²) in [7, 11) is 3.23. The van der Waals surface area contributed by atoms with Crippen LogP contribution in [0.4, 0.5) is 5.95 Å². The Hall–Kier alpha value is -3.13. The topological polar surface area (TPSA) is 78.3 Å². The van der Waals surface area contributed by atoms with Gasteiger partial charge in [0, 0.05) is 22.2 Å². The number of carbonyl (C=O) groups is 1. The Morgan fingerprint density at radius 2 is 1.77 bits per heavy atom. The molecule has 158 valence electrons. The summed E-state index contributed by atoms with van der Waals surface area (Å²) in [5.41, 5.74) is 3.72. The number of rotatable bonds is 4. The van der Waals surface area contributed by atoms with Crippen LogP contribution in [-0.4, -0.2) is 34.8 Å². The van der Waals surface area contributed by atoms with E-state index >= 15 is 0 Å². The number of Topliss-reactive ketones (excluding diaryl/α,β-unsaturated/α-hetero) is 1. The molecule has 2 heterocycles. The fourth-order valence-corrected chi connectivity index (χ4v) is 4.71. The lowest BCUT2D eigenvalue weighted by molar-refractivity contribution is -0.116. The number of anilines is 1. The molecule has 1 aliphatic heterocycles. The predicted octanol–water partition coefficient (Wildman–Crippen LogP) is 4.47. The maximum absolute atomic E-state index is 13.4. The fraction of sp³-hybridized carbons (Fsp3) is 0.261. The van der Waals surface area contributed by atoms with Gasteiger partial charge in [-0.3, -0.25) is 4.79 Å². The van der Waals surface area contributed by atoms with E-state index in [9.17, 15) is 4.79 Å². The average molecular weight is 481 g/mol. The number of hydrogen-bond donors (Lipinski definition) is 1. The van der Waals surface area contributed by atoms with Crippen molar-refractivity contribution in [1.29, 1.82) is 0 Å². The number of benzene rings is 2. The molecule has 1 aliphatic carbocycles. The molecule has 5 rings (SSSR count). The minimum absolute atomic E-state index is 0.0404. The highest BCUT2D eigenvalue weighted by Gasteiger charge is 2.39. The number of fused-ring (bicyclic) bond motifs is 1. The van der Waals surface area contributed by atoms with Crippen LogP contribution in [0.2, 0.25) is 0 Å². The van der Waals surface area contributed by atoms with E-state index < -0.39 is 0 Å². The van der Waals surface area contributed by atoms with Gasteiger partial charge in [0.2, 0.25) is 5.95 Å². The quantitative estimate of drug-likeness (QED) is 0.593. The zero-order valence-corrected chi connectivity index (χ0v) is 18.7. The number of halogens is 1. The number of methoxy groups -OCH3 is 2. The molecule has 0 radical (unpaired) electrons. The number of aromatic nitrogens is 3. The van der Waals surface area contributed by atoms with Gasteiger partial charge in [0.1, 0.15) is 12.4 Å². The number of ether oxygens (including phenoxy) is 2. The second-order valence-electron chi connectivity index (χ2n) is 7.64. The lowest BCUT2D eigenvalue weighted by Gasteiger charge is -2.35. The van der Waals surface area contributed by atoms with E-state index in [0.717, 1.165) is 26.9 Å². The van der Waals surface area contributed by atoms with Crippen LogP contribution in [0.25, 0.3) is 0 Å². The summed E-state index contributed by atoms with van der Waals surface area (Å²) in [6.07, 6.45) is 2.65. The Morgan fingerprint density at radius 1 is 1.03 bits per heavy atom. The smallest absolute Gasteiger partial charge is 0.226 e. The van der Waals surface area contributed by atoms with Gasteiger partial charge in [-0.05, 0) is 47.7 Å². The molecule has 0 unspecified atom stereocenters. The molecule has 2 atom stereocenters. The van der Waals surface area contributed by atoms with Crippen molar-refractivity contribution in [3.63, 3.8) is 0 Å². The Bertz CT molecular complexity index is 1190. The molecule has 0 saturated heterocycles. The van der Waals surface area contributed by atoms with Gasteiger partial charge < -0.3 is 14.8 Å². The zero-order chi connectivity index (χ0) is 21.5. The van der Waals surface area contributed by atoms with E-state index in [1.165, 1.54) is 6.33 Å². The number of allylic oxidation sites excluding steroid dienone is 2. The van der Waals surface area contributed by atoms with Crippen LogP contribution < -0.4 is 14.8 Å². The third-order valence-electron chi connectivity index (χ3n) is 5.93. The summed E-state index contributed by atoms with van der Waals surface area (Å²) in [6, 6.07) is 13.6. The minimum atomic E-state index is -0.291. The second-order valence-corrected chi connectivity index (χ2v) is 8.56. The summed E-state index contributed by atoms with van der Waals surface area (Å²) in [5.74, 6) is 2.14. The molecular formula is C23H21BrN4O3. The maximum atomic E-state index is 13.4. The number of carbonyl (C=O) groups excluding carboxylic acids is 1. The van der Waals surface area contributed by atoms with E-state index in [1.54, 1.807) is 18.9 Å². The van der Waals surface area contributed by atoms with Crippen molar-refractivity contribution < 1.29 is 14.3 Å². The lowest BCUT2D eigenvalue weighted by Crippen LogP contribution is -2.33. The molecule has 2 aliphatic rings. The Morgan fingerprint density at radius 3 is 2.52 bits per heavy atom. The molecule has 1 aromatic heterocycles. The molecule has 0 spiro atoms. The molecular weight excluding hydrogens is 460 g/mol. The fourth-order valence-electron chi connectivity index (χ4n) is 4.45. The average Bonchev–Trinajstić information content (AvgIpc) is 3.26. The van der Waals surface area contributed by atoms with Crippen LogP contribution in [0.15, 0.2) is 64.5 Å². The molecule has 8 heteroatoms. The van der Waals surface area contributed by atoms with Crippen LogP contribution in [0, 0.1) is 0 Å². The summed E-state index contributed by atoms with van der Waals surface area (Å²) in [4.78, 5) is 17.8. The highest BCUT2D eigenvalue weighted by molar-refractivity contribution is 9.10. The summed E-state index contributed by atoms with van der Waals surface area (Å²) < 4.78 is 13.6. The molecule has 2 aromatic carbocycles. The first kappa shape index (κ1) is 19.8. The van der Waals surface area contributed by atoms with Crippen LogP contribution in [-0.2, 0) is 4.79 Å². The largest absolute Gasteiger partial charge is 0.493 e. The Kier molecular flexibility index (Phi) is 5.02. The summed E-state index contributed by atoms with van der Waals surface area (Å²) >= 11 is 3.48. The molecule has 0 fully saturated rings. The highest BCUT2D eigenvalue weighted by atomic mass is 79.9. The predicted molar refractivity (Wildman–Crippen MR) is 119 cm³/mol. The first-order valence-corrected chi connectivity index (χ1v) is 10.8. The molecule has 0 bridgehead atoms. The van der Waals surface area contributed by atoms with Gasteiger partial charge in [-0.15, -0.1) is 0 Å². The third-order valence-corrected chi connectivity index (χ3v) is 6.46. The molecule has 1 N–H and O–H groups in total. The van der Waals surface area contributed by atoms with E-state index in [0.29, 0.717) is 30.3 Å². The minimum Gasteiger partial charge on any atom is -0.493 e. The number of ketones is 1. The van der Waals surface area contributed by atoms with E-state index in [-0.39, 0.29) is 17.7 Å². The van der Waals surface area contributed by atoms with Crippen molar-refractivity contribution in [2.45, 2.75) is 24.8 Å². The zero-order valence-electron chi connectivity index (χ0n) is 17.1. The van der Waals surface area contributed by atoms with E-state index in [1.807, 2.05) is 42.5 Å². The molecule has 0 saturated carbocycles. The molecule has 0 amide bonds. The van der Waals surface area contributed by atoms with Gasteiger partial charge in [-0.2, -0.15) is 10.1 Å². The van der Waals surface area contributed by atoms with Gasteiger partial charge in [-0.25, -0.2) is 4.68 Å². The third kappa shape index (κ3) is 3.40. The lowest BCUT2D eigenvalue weighted by atomic mass is 9.78. The number of hydrogen-bond acceptors (Lipinski definition) is 6. The van der Waals surface area contributed by atoms with Gasteiger partial charge in [0.25, 0.3) is 0 Å². The van der Waals surface area contributed by atoms with Gasteiger partial charge >= 0.3 is 0 Å². The van der Waals surface area contributed by atoms with Crippen molar-refractivity contribution in [2.24, 2.45) is 0 Å². The van der Waals surface area contributed by atoms with Gasteiger partial charge in [-0.1, -0.05) is 34.1 Å². The summed E-state index contributed by atoms with van der Waals surface area (Å²) in [6.45, 7) is 0. The first-order chi connectivity index (χ1) is 15.1. The van der Waals surface area contributed by atoms with Crippen molar-refractivity contribution in [3.8, 4) is 11.5 Å². The van der Waals surface area contributed by atoms with Gasteiger partial charge in [0.05, 0.1) is 14.2 Å². The van der Waals surface area contributed by atoms with Crippen molar-refractivity contribution in [1.82, 2.24) is 14.8 Å². The standard InChI is InChI=1S/C23H21BrN4O3/c1-30-19-8-5-14(11-20(19)31-2)15-9-17-21(18(29)10-15)22(13-3-6-16(24)7-4-13)28-23(27-17)25-12-26-28/h3-8,11-12,15,22H,9-10H2,1-2H3,(H,25,26,27)/t15-,22+/m1/s1. The second kappa shape index (κ2) is 7.85. The van der Waals surface area contributed by atoms with E-state index in [2.05, 4.69) is 31.3 Å². The van der Waals surface area contributed by atoms with Gasteiger partial charge in [0.15, 0.2) is 17.3 Å². The van der Waals surface area contributed by atoms with Crippen LogP contribution >= 0.6 is 15.9 Å². The Balaban J connectivity index is 1.55. The molecule has 3 aromatic rings. The first-order valence-electron chi connectivity index (χ1n) is 9.99.